The van der Waals surface area contributed by atoms with E-state index in [1.54, 1.807) is 4.57 Å². The Balaban J connectivity index is 2.04. The summed E-state index contributed by atoms with van der Waals surface area (Å²) in [5.74, 6) is 0. The van der Waals surface area contributed by atoms with E-state index in [2.05, 4.69) is 17.2 Å². The molecule has 1 saturated heterocycles. The predicted molar refractivity (Wildman–Crippen MR) is 96.6 cm³/mol. The summed E-state index contributed by atoms with van der Waals surface area (Å²) in [7, 11) is -2.51. The Morgan fingerprint density at radius 2 is 2.17 bits per heavy atom. The van der Waals surface area contributed by atoms with Crippen LogP contribution in [-0.2, 0) is 0 Å². The van der Waals surface area contributed by atoms with Crippen LogP contribution in [-0.4, -0.2) is 31.9 Å². The number of aromatic nitrogens is 2. The molecule has 1 aromatic heterocycles. The predicted octanol–water partition coefficient (Wildman–Crippen LogP) is 1.80. The molecule has 6 nitrogen and oxygen atoms in total. The minimum atomic E-state index is -2.51. The molecule has 0 bridgehead atoms. The number of unbranched alkanes of at least 4 members (excludes halogenated alkanes) is 1. The Kier molecular flexibility index (Phi) is 5.61. The van der Waals surface area contributed by atoms with E-state index in [9.17, 15) is 14.6 Å². The Bertz CT molecular complexity index is 762. The average Bonchev–Trinajstić information content (AvgIpc) is 2.59. The number of hydrogen-bond donors (Lipinski definition) is 3. The zero-order valence-corrected chi connectivity index (χ0v) is 14.7. The van der Waals surface area contributed by atoms with Gasteiger partial charge in [-0.25, -0.2) is 4.98 Å². The highest BCUT2D eigenvalue weighted by Gasteiger charge is 2.27. The van der Waals surface area contributed by atoms with Gasteiger partial charge in [0, 0.05) is 12.1 Å². The maximum absolute atomic E-state index is 12.8. The first-order valence-electron chi connectivity index (χ1n) is 8.54. The van der Waals surface area contributed by atoms with E-state index in [0.717, 1.165) is 37.7 Å². The summed E-state index contributed by atoms with van der Waals surface area (Å²) in [6, 6.07) is 7.88. The highest BCUT2D eigenvalue weighted by atomic mass is 31.2. The van der Waals surface area contributed by atoms with Crippen molar-refractivity contribution < 1.29 is 9.79 Å². The third kappa shape index (κ3) is 3.52. The monoisotopic (exact) mass is 349 g/mol. The topological polar surface area (TPSA) is 87.4 Å². The highest BCUT2D eigenvalue weighted by Crippen LogP contribution is 2.27. The largest absolute Gasteiger partial charge is 0.345 e. The molecule has 2 heterocycles. The van der Waals surface area contributed by atoms with Crippen LogP contribution in [0.1, 0.15) is 45.1 Å². The fourth-order valence-electron chi connectivity index (χ4n) is 3.52. The molecule has 2 atom stereocenters. The second kappa shape index (κ2) is 7.70. The van der Waals surface area contributed by atoms with E-state index in [1.807, 2.05) is 24.3 Å². The fourth-order valence-corrected chi connectivity index (χ4v) is 4.00. The number of para-hydroxylation sites is 2. The first-order valence-corrected chi connectivity index (χ1v) is 9.79. The Morgan fingerprint density at radius 3 is 2.92 bits per heavy atom. The minimum absolute atomic E-state index is 0.0576. The zero-order valence-electron chi connectivity index (χ0n) is 13.9. The summed E-state index contributed by atoms with van der Waals surface area (Å²) in [6.07, 6.45) is 5.15. The van der Waals surface area contributed by atoms with E-state index in [1.165, 1.54) is 6.42 Å². The molecule has 0 aliphatic carbocycles. The SMILES string of the molecule is CCCCC1CC(n2c(=O)c(P(O)O)nc3ccccc32)CCN1. The van der Waals surface area contributed by atoms with Gasteiger partial charge >= 0.3 is 0 Å². The van der Waals surface area contributed by atoms with Gasteiger partial charge in [-0.3, -0.25) is 4.79 Å². The van der Waals surface area contributed by atoms with Crippen molar-refractivity contribution in [1.82, 2.24) is 14.9 Å². The molecule has 0 saturated carbocycles. The van der Waals surface area contributed by atoms with Gasteiger partial charge in [-0.15, -0.1) is 0 Å². The van der Waals surface area contributed by atoms with Gasteiger partial charge in [-0.2, -0.15) is 0 Å². The summed E-state index contributed by atoms with van der Waals surface area (Å²) >= 11 is 0. The molecule has 1 fully saturated rings. The van der Waals surface area contributed by atoms with Crippen LogP contribution < -0.4 is 16.3 Å². The van der Waals surface area contributed by atoms with Crippen LogP contribution in [0.15, 0.2) is 29.1 Å². The molecular formula is C17H24N3O3P. The Hall–Kier alpha value is -1.33. The van der Waals surface area contributed by atoms with Crippen molar-refractivity contribution in [2.24, 2.45) is 0 Å². The number of fused-ring (bicyclic) bond motifs is 1. The maximum Gasteiger partial charge on any atom is 0.282 e. The molecule has 3 rings (SSSR count). The van der Waals surface area contributed by atoms with Crippen LogP contribution in [0, 0.1) is 0 Å². The van der Waals surface area contributed by atoms with Crippen LogP contribution >= 0.6 is 8.38 Å². The summed E-state index contributed by atoms with van der Waals surface area (Å²) in [5.41, 5.74) is 0.897. The Labute approximate surface area is 142 Å². The molecule has 24 heavy (non-hydrogen) atoms. The normalized spacial score (nSPS) is 21.5. The molecule has 2 aromatic rings. The number of rotatable bonds is 5. The number of piperidine rings is 1. The van der Waals surface area contributed by atoms with Gasteiger partial charge in [0.2, 0.25) is 8.38 Å². The van der Waals surface area contributed by atoms with Gasteiger partial charge in [-0.05, 0) is 37.9 Å². The van der Waals surface area contributed by atoms with Gasteiger partial charge < -0.3 is 19.7 Å². The van der Waals surface area contributed by atoms with Crippen LogP contribution in [0.2, 0.25) is 0 Å². The van der Waals surface area contributed by atoms with Crippen LogP contribution in [0.25, 0.3) is 11.0 Å². The van der Waals surface area contributed by atoms with Crippen molar-refractivity contribution in [1.29, 1.82) is 0 Å². The van der Waals surface area contributed by atoms with Gasteiger partial charge in [0.1, 0.15) is 0 Å². The van der Waals surface area contributed by atoms with Crippen LogP contribution in [0.4, 0.5) is 0 Å². The summed E-state index contributed by atoms with van der Waals surface area (Å²) in [4.78, 5) is 36.2. The van der Waals surface area contributed by atoms with Crippen LogP contribution in [0.5, 0.6) is 0 Å². The first-order chi connectivity index (χ1) is 11.6. The second-order valence-electron chi connectivity index (χ2n) is 6.36. The molecule has 130 valence electrons. The first kappa shape index (κ1) is 17.5. The van der Waals surface area contributed by atoms with E-state index in [4.69, 9.17) is 0 Å². The average molecular weight is 349 g/mol. The number of nitrogens with zero attached hydrogens (tertiary/aromatic N) is 2. The highest BCUT2D eigenvalue weighted by molar-refractivity contribution is 7.53. The molecule has 0 spiro atoms. The molecule has 1 aliphatic rings. The standard InChI is InChI=1S/C17H24N3O3P/c1-2-3-6-12-11-13(9-10-18-12)20-15-8-5-4-7-14(15)19-16(17(20)21)24(22)23/h4-5,7-8,12-13,18,22-23H,2-3,6,9-11H2,1H3. The molecule has 7 heteroatoms. The zero-order chi connectivity index (χ0) is 17.1. The molecular weight excluding hydrogens is 325 g/mol. The smallest absolute Gasteiger partial charge is 0.282 e. The van der Waals surface area contributed by atoms with E-state index in [-0.39, 0.29) is 17.0 Å². The third-order valence-electron chi connectivity index (χ3n) is 4.71. The summed E-state index contributed by atoms with van der Waals surface area (Å²) in [6.45, 7) is 3.04. The van der Waals surface area contributed by atoms with Crippen molar-refractivity contribution in [2.75, 3.05) is 6.54 Å². The number of nitrogens with one attached hydrogen (secondary N) is 1. The minimum Gasteiger partial charge on any atom is -0.345 e. The van der Waals surface area contributed by atoms with E-state index in [0.29, 0.717) is 11.6 Å². The second-order valence-corrected chi connectivity index (χ2v) is 7.36. The van der Waals surface area contributed by atoms with E-state index < -0.39 is 8.38 Å². The lowest BCUT2D eigenvalue weighted by Crippen LogP contribution is -2.44. The lowest BCUT2D eigenvalue weighted by molar-refractivity contribution is 0.287. The van der Waals surface area contributed by atoms with Crippen molar-refractivity contribution in [2.45, 2.75) is 51.1 Å². The van der Waals surface area contributed by atoms with Crippen molar-refractivity contribution in [3.8, 4) is 0 Å². The van der Waals surface area contributed by atoms with E-state index >= 15 is 0 Å². The van der Waals surface area contributed by atoms with Crippen molar-refractivity contribution in [3.05, 3.63) is 34.6 Å². The van der Waals surface area contributed by atoms with Gasteiger partial charge in [0.25, 0.3) is 5.56 Å². The maximum atomic E-state index is 12.8. The lowest BCUT2D eigenvalue weighted by atomic mass is 9.95. The van der Waals surface area contributed by atoms with Crippen molar-refractivity contribution >= 4 is 24.8 Å². The third-order valence-corrected chi connectivity index (χ3v) is 5.38. The van der Waals surface area contributed by atoms with Gasteiger partial charge in [-0.1, -0.05) is 31.9 Å². The molecule has 1 aliphatic heterocycles. The summed E-state index contributed by atoms with van der Waals surface area (Å²) in [5, 5.41) is 3.53. The molecule has 3 N–H and O–H groups in total. The Morgan fingerprint density at radius 1 is 1.38 bits per heavy atom. The van der Waals surface area contributed by atoms with Crippen molar-refractivity contribution in [3.63, 3.8) is 0 Å². The molecule has 2 unspecified atom stereocenters. The van der Waals surface area contributed by atoms with Gasteiger partial charge in [0.15, 0.2) is 5.44 Å². The van der Waals surface area contributed by atoms with Crippen LogP contribution in [0.3, 0.4) is 0 Å². The molecule has 0 amide bonds. The number of benzene rings is 1. The molecule has 0 radical (unpaired) electrons. The quantitative estimate of drug-likeness (QED) is 0.717. The molecule has 1 aromatic carbocycles. The fraction of sp³-hybridized carbons (Fsp3) is 0.529. The summed E-state index contributed by atoms with van der Waals surface area (Å²) < 4.78 is 1.74. The number of hydrogen-bond acceptors (Lipinski definition) is 5. The van der Waals surface area contributed by atoms with Gasteiger partial charge in [0.05, 0.1) is 11.0 Å². The lowest BCUT2D eigenvalue weighted by Gasteiger charge is -2.32.